The van der Waals surface area contributed by atoms with Crippen LogP contribution in [0.1, 0.15) is 18.3 Å². The van der Waals surface area contributed by atoms with Crippen LogP contribution in [0.3, 0.4) is 0 Å². The maximum absolute atomic E-state index is 4.43. The first-order valence-electron chi connectivity index (χ1n) is 4.77. The fourth-order valence-corrected chi connectivity index (χ4v) is 1.30. The van der Waals surface area contributed by atoms with Crippen LogP contribution in [-0.2, 0) is 6.42 Å². The fourth-order valence-electron chi connectivity index (χ4n) is 1.30. The van der Waals surface area contributed by atoms with Gasteiger partial charge in [-0.1, -0.05) is 6.92 Å². The first-order chi connectivity index (χ1) is 6.79. The molecule has 0 radical (unpaired) electrons. The second-order valence-corrected chi connectivity index (χ2v) is 3.28. The Hall–Kier alpha value is -1.64. The average molecular weight is 187 g/mol. The van der Waals surface area contributed by atoms with Crippen LogP contribution in [0.4, 0.5) is 0 Å². The molecule has 2 aromatic heterocycles. The van der Waals surface area contributed by atoms with E-state index in [1.807, 2.05) is 31.5 Å². The number of imidazole rings is 1. The van der Waals surface area contributed by atoms with Crippen molar-refractivity contribution in [3.8, 4) is 11.4 Å². The van der Waals surface area contributed by atoms with Crippen molar-refractivity contribution in [3.63, 3.8) is 0 Å². The van der Waals surface area contributed by atoms with Gasteiger partial charge in [0.15, 0.2) is 0 Å². The van der Waals surface area contributed by atoms with Crippen LogP contribution < -0.4 is 0 Å². The molecule has 14 heavy (non-hydrogen) atoms. The van der Waals surface area contributed by atoms with Crippen molar-refractivity contribution in [2.75, 3.05) is 0 Å². The molecule has 3 nitrogen and oxygen atoms in total. The molecule has 0 aromatic carbocycles. The van der Waals surface area contributed by atoms with E-state index >= 15 is 0 Å². The summed E-state index contributed by atoms with van der Waals surface area (Å²) in [5.74, 6) is 0.898. The minimum atomic E-state index is 0.898. The number of aryl methyl sites for hydroxylation is 2. The third-order valence-corrected chi connectivity index (χ3v) is 2.18. The number of hydrogen-bond acceptors (Lipinski definition) is 2. The van der Waals surface area contributed by atoms with Crippen LogP contribution in [0.25, 0.3) is 11.4 Å². The van der Waals surface area contributed by atoms with Gasteiger partial charge in [0, 0.05) is 23.7 Å². The molecule has 0 saturated heterocycles. The van der Waals surface area contributed by atoms with Gasteiger partial charge in [-0.25, -0.2) is 4.98 Å². The summed E-state index contributed by atoms with van der Waals surface area (Å²) in [5, 5.41) is 0. The third kappa shape index (κ3) is 1.66. The van der Waals surface area contributed by atoms with E-state index in [0.29, 0.717) is 0 Å². The minimum absolute atomic E-state index is 0.898. The molecule has 1 N–H and O–H groups in total. The van der Waals surface area contributed by atoms with E-state index < -0.39 is 0 Å². The highest BCUT2D eigenvalue weighted by Gasteiger charge is 2.02. The molecule has 0 atom stereocenters. The molecule has 0 spiro atoms. The number of rotatable bonds is 2. The van der Waals surface area contributed by atoms with E-state index in [9.17, 15) is 0 Å². The summed E-state index contributed by atoms with van der Waals surface area (Å²) in [4.78, 5) is 11.8. The van der Waals surface area contributed by atoms with Gasteiger partial charge in [0.25, 0.3) is 0 Å². The highest BCUT2D eigenvalue weighted by Crippen LogP contribution is 2.14. The molecule has 0 fully saturated rings. The van der Waals surface area contributed by atoms with Gasteiger partial charge in [-0.15, -0.1) is 0 Å². The Bertz CT molecular complexity index is 414. The maximum Gasteiger partial charge on any atom is 0.139 e. The first kappa shape index (κ1) is 8.94. The number of aromatic amines is 1. The Morgan fingerprint density at radius 2 is 2.21 bits per heavy atom. The summed E-state index contributed by atoms with van der Waals surface area (Å²) in [6.45, 7) is 4.07. The zero-order valence-electron chi connectivity index (χ0n) is 8.41. The van der Waals surface area contributed by atoms with E-state index in [2.05, 4.69) is 21.9 Å². The molecule has 2 aromatic rings. The molecule has 0 bridgehead atoms. The lowest BCUT2D eigenvalue weighted by molar-refractivity contribution is 1.06. The van der Waals surface area contributed by atoms with Gasteiger partial charge in [-0.3, -0.25) is 4.98 Å². The molecule has 72 valence electrons. The lowest BCUT2D eigenvalue weighted by atomic mass is 10.2. The Kier molecular flexibility index (Phi) is 2.31. The molecule has 2 rings (SSSR count). The Morgan fingerprint density at radius 1 is 1.36 bits per heavy atom. The molecule has 0 amide bonds. The summed E-state index contributed by atoms with van der Waals surface area (Å²) in [6.07, 6.45) is 4.73. The van der Waals surface area contributed by atoms with Crippen LogP contribution >= 0.6 is 0 Å². The second-order valence-electron chi connectivity index (χ2n) is 3.28. The molecule has 0 unspecified atom stereocenters. The van der Waals surface area contributed by atoms with Crippen LogP contribution in [-0.4, -0.2) is 15.0 Å². The van der Waals surface area contributed by atoms with Gasteiger partial charge >= 0.3 is 0 Å². The number of nitrogens with zero attached hydrogens (tertiary/aromatic N) is 2. The summed E-state index contributed by atoms with van der Waals surface area (Å²) >= 11 is 0. The van der Waals surface area contributed by atoms with Crippen molar-refractivity contribution in [2.45, 2.75) is 20.3 Å². The molecule has 3 heteroatoms. The van der Waals surface area contributed by atoms with Crippen molar-refractivity contribution in [3.05, 3.63) is 35.9 Å². The first-order valence-corrected chi connectivity index (χ1v) is 4.77. The number of H-pyrrole nitrogens is 1. The number of aromatic nitrogens is 3. The topological polar surface area (TPSA) is 41.6 Å². The van der Waals surface area contributed by atoms with E-state index in [-0.39, 0.29) is 0 Å². The fraction of sp³-hybridized carbons (Fsp3) is 0.273. The quantitative estimate of drug-likeness (QED) is 0.784. The Labute approximate surface area is 83.2 Å². The van der Waals surface area contributed by atoms with E-state index in [1.54, 1.807) is 0 Å². The Balaban J connectivity index is 2.34. The number of nitrogens with one attached hydrogen (secondary N) is 1. The monoisotopic (exact) mass is 187 g/mol. The zero-order chi connectivity index (χ0) is 9.97. The normalized spacial score (nSPS) is 10.4. The van der Waals surface area contributed by atoms with Crippen LogP contribution in [0.15, 0.2) is 24.5 Å². The average Bonchev–Trinajstić information content (AvgIpc) is 2.67. The number of hydrogen-bond donors (Lipinski definition) is 1. The second kappa shape index (κ2) is 3.62. The molecule has 0 aliphatic carbocycles. The predicted octanol–water partition coefficient (Wildman–Crippen LogP) is 2.34. The van der Waals surface area contributed by atoms with E-state index in [0.717, 1.165) is 29.2 Å². The minimum Gasteiger partial charge on any atom is -0.344 e. The van der Waals surface area contributed by atoms with Crippen molar-refractivity contribution in [1.29, 1.82) is 0 Å². The maximum atomic E-state index is 4.43. The van der Waals surface area contributed by atoms with Crippen LogP contribution in [0, 0.1) is 6.92 Å². The molecular formula is C11H13N3. The van der Waals surface area contributed by atoms with Crippen molar-refractivity contribution >= 4 is 0 Å². The van der Waals surface area contributed by atoms with Gasteiger partial charge in [-0.2, -0.15) is 0 Å². The molecule has 2 heterocycles. The summed E-state index contributed by atoms with van der Waals surface area (Å²) in [5.41, 5.74) is 3.15. The standard InChI is InChI=1S/C11H13N3/c1-3-10-7-13-11(14-10)9-5-4-8(2)12-6-9/h4-7H,3H2,1-2H3,(H,13,14). The van der Waals surface area contributed by atoms with Crippen LogP contribution in [0.5, 0.6) is 0 Å². The third-order valence-electron chi connectivity index (χ3n) is 2.18. The van der Waals surface area contributed by atoms with Gasteiger partial charge in [0.2, 0.25) is 0 Å². The van der Waals surface area contributed by atoms with Crippen molar-refractivity contribution in [2.24, 2.45) is 0 Å². The van der Waals surface area contributed by atoms with Gasteiger partial charge in [0.05, 0.1) is 5.69 Å². The summed E-state index contributed by atoms with van der Waals surface area (Å²) in [6, 6.07) is 4.02. The largest absolute Gasteiger partial charge is 0.344 e. The lowest BCUT2D eigenvalue weighted by Gasteiger charge is -1.96. The van der Waals surface area contributed by atoms with Gasteiger partial charge < -0.3 is 4.98 Å². The van der Waals surface area contributed by atoms with Crippen molar-refractivity contribution in [1.82, 2.24) is 15.0 Å². The predicted molar refractivity (Wildman–Crippen MR) is 55.9 cm³/mol. The molecule has 0 saturated carbocycles. The summed E-state index contributed by atoms with van der Waals surface area (Å²) < 4.78 is 0. The lowest BCUT2D eigenvalue weighted by Crippen LogP contribution is -1.85. The highest BCUT2D eigenvalue weighted by molar-refractivity contribution is 5.53. The molecule has 0 aliphatic heterocycles. The molecule has 0 aliphatic rings. The Morgan fingerprint density at radius 3 is 2.79 bits per heavy atom. The van der Waals surface area contributed by atoms with Gasteiger partial charge in [-0.05, 0) is 25.5 Å². The zero-order valence-corrected chi connectivity index (χ0v) is 8.41. The smallest absolute Gasteiger partial charge is 0.139 e. The van der Waals surface area contributed by atoms with Gasteiger partial charge in [0.1, 0.15) is 5.82 Å². The van der Waals surface area contributed by atoms with Crippen LogP contribution in [0.2, 0.25) is 0 Å². The summed E-state index contributed by atoms with van der Waals surface area (Å²) in [7, 11) is 0. The van der Waals surface area contributed by atoms with Crippen molar-refractivity contribution < 1.29 is 0 Å². The molecular weight excluding hydrogens is 174 g/mol. The SMILES string of the molecule is CCc1c[nH]c(-c2ccc(C)nc2)n1. The van der Waals surface area contributed by atoms with E-state index in [4.69, 9.17) is 0 Å². The number of pyridine rings is 1. The van der Waals surface area contributed by atoms with E-state index in [1.165, 1.54) is 0 Å². The highest BCUT2D eigenvalue weighted by atomic mass is 14.9.